The highest BCUT2D eigenvalue weighted by Gasteiger charge is 2.11. The lowest BCUT2D eigenvalue weighted by molar-refractivity contribution is 0.0946. The zero-order chi connectivity index (χ0) is 14.7. The number of nitrogens with zero attached hydrogens (tertiary/aromatic N) is 2. The Labute approximate surface area is 128 Å². The van der Waals surface area contributed by atoms with Crippen LogP contribution >= 0.6 is 11.3 Å². The highest BCUT2D eigenvalue weighted by atomic mass is 32.1. The molecule has 0 spiro atoms. The number of likely N-dealkylation sites (tertiary alicyclic amines) is 1. The molecular formula is C15H20N4OS. The first-order chi connectivity index (χ1) is 10.2. The summed E-state index contributed by atoms with van der Waals surface area (Å²) >= 11 is 1.41. The van der Waals surface area contributed by atoms with E-state index in [0.29, 0.717) is 17.2 Å². The van der Waals surface area contributed by atoms with Crippen molar-refractivity contribution in [3.63, 3.8) is 0 Å². The Morgan fingerprint density at radius 3 is 2.95 bits per heavy atom. The van der Waals surface area contributed by atoms with E-state index in [0.717, 1.165) is 29.9 Å². The molecule has 0 aliphatic carbocycles. The third kappa shape index (κ3) is 3.51. The molecule has 21 heavy (non-hydrogen) atoms. The number of piperidine rings is 1. The molecule has 2 heterocycles. The maximum absolute atomic E-state index is 12.2. The Bertz CT molecular complexity index is 634. The molecule has 0 atom stereocenters. The summed E-state index contributed by atoms with van der Waals surface area (Å²) in [5.41, 5.74) is 7.20. The third-order valence-corrected chi connectivity index (χ3v) is 4.68. The molecule has 5 nitrogen and oxygen atoms in total. The van der Waals surface area contributed by atoms with Crippen molar-refractivity contribution in [1.82, 2.24) is 15.2 Å². The van der Waals surface area contributed by atoms with Crippen molar-refractivity contribution in [2.45, 2.75) is 19.3 Å². The monoisotopic (exact) mass is 304 g/mol. The molecule has 1 aromatic carbocycles. The van der Waals surface area contributed by atoms with Gasteiger partial charge in [0, 0.05) is 18.7 Å². The molecule has 1 saturated heterocycles. The average molecular weight is 304 g/mol. The Kier molecular flexibility index (Phi) is 4.36. The van der Waals surface area contributed by atoms with Crippen molar-refractivity contribution in [2.24, 2.45) is 0 Å². The Balaban J connectivity index is 1.55. The van der Waals surface area contributed by atoms with Gasteiger partial charge in [-0.25, -0.2) is 4.98 Å². The van der Waals surface area contributed by atoms with Crippen LogP contribution in [0.3, 0.4) is 0 Å². The van der Waals surface area contributed by atoms with Gasteiger partial charge in [-0.3, -0.25) is 4.79 Å². The molecule has 0 unspecified atom stereocenters. The second-order valence-electron chi connectivity index (χ2n) is 5.39. The highest BCUT2D eigenvalue weighted by Crippen LogP contribution is 2.24. The summed E-state index contributed by atoms with van der Waals surface area (Å²) in [6, 6.07) is 5.51. The first kappa shape index (κ1) is 14.3. The number of nitrogens with two attached hydrogens (primary N) is 1. The van der Waals surface area contributed by atoms with Crippen LogP contribution < -0.4 is 11.1 Å². The van der Waals surface area contributed by atoms with Gasteiger partial charge in [-0.2, -0.15) is 0 Å². The van der Waals surface area contributed by atoms with Gasteiger partial charge in [-0.1, -0.05) is 17.8 Å². The van der Waals surface area contributed by atoms with Gasteiger partial charge in [0.1, 0.15) is 0 Å². The van der Waals surface area contributed by atoms with Crippen molar-refractivity contribution in [3.8, 4) is 0 Å². The topological polar surface area (TPSA) is 71.2 Å². The number of amides is 1. The number of anilines is 1. The third-order valence-electron chi connectivity index (χ3n) is 3.83. The van der Waals surface area contributed by atoms with E-state index in [1.165, 1.54) is 30.6 Å². The van der Waals surface area contributed by atoms with E-state index < -0.39 is 0 Å². The number of benzene rings is 1. The van der Waals surface area contributed by atoms with E-state index in [1.54, 1.807) is 6.07 Å². The van der Waals surface area contributed by atoms with Gasteiger partial charge >= 0.3 is 0 Å². The fraction of sp³-hybridized carbons (Fsp3) is 0.467. The van der Waals surface area contributed by atoms with Crippen LogP contribution in [-0.2, 0) is 0 Å². The number of fused-ring (bicyclic) bond motifs is 1. The van der Waals surface area contributed by atoms with Gasteiger partial charge in [0.05, 0.1) is 10.2 Å². The lowest BCUT2D eigenvalue weighted by Gasteiger charge is -2.26. The molecule has 3 N–H and O–H groups in total. The zero-order valence-corrected chi connectivity index (χ0v) is 12.8. The minimum Gasteiger partial charge on any atom is -0.375 e. The molecule has 1 fully saturated rings. The summed E-state index contributed by atoms with van der Waals surface area (Å²) in [6.45, 7) is 3.94. The standard InChI is InChI=1S/C15H20N4OS/c16-15-18-12-5-4-11(10-13(12)21-15)14(20)17-6-9-19-7-2-1-3-8-19/h4-5,10H,1-3,6-9H2,(H2,16,18)(H,17,20). The minimum absolute atomic E-state index is 0.0270. The Hall–Kier alpha value is -1.66. The maximum Gasteiger partial charge on any atom is 0.251 e. The van der Waals surface area contributed by atoms with E-state index in [9.17, 15) is 4.79 Å². The van der Waals surface area contributed by atoms with E-state index >= 15 is 0 Å². The van der Waals surface area contributed by atoms with Crippen molar-refractivity contribution in [2.75, 3.05) is 31.9 Å². The quantitative estimate of drug-likeness (QED) is 0.907. The molecule has 1 aliphatic rings. The molecule has 2 aromatic rings. The van der Waals surface area contributed by atoms with Gasteiger partial charge in [0.25, 0.3) is 5.91 Å². The number of hydrogen-bond acceptors (Lipinski definition) is 5. The van der Waals surface area contributed by atoms with Crippen LogP contribution in [0.25, 0.3) is 10.2 Å². The van der Waals surface area contributed by atoms with Gasteiger partial charge in [-0.05, 0) is 44.1 Å². The molecule has 6 heteroatoms. The molecule has 0 radical (unpaired) electrons. The first-order valence-corrected chi connectivity index (χ1v) is 8.21. The van der Waals surface area contributed by atoms with Gasteiger partial charge < -0.3 is 16.0 Å². The van der Waals surface area contributed by atoms with E-state index in [2.05, 4.69) is 15.2 Å². The van der Waals surface area contributed by atoms with E-state index in [4.69, 9.17) is 5.73 Å². The Morgan fingerprint density at radius 2 is 2.14 bits per heavy atom. The number of nitrogen functional groups attached to an aromatic ring is 1. The second kappa shape index (κ2) is 6.41. The average Bonchev–Trinajstić information content (AvgIpc) is 2.87. The fourth-order valence-electron chi connectivity index (χ4n) is 2.70. The van der Waals surface area contributed by atoms with Crippen LogP contribution in [0.2, 0.25) is 0 Å². The molecule has 112 valence electrons. The molecule has 1 amide bonds. The number of carbonyl (C=O) groups is 1. The van der Waals surface area contributed by atoms with E-state index in [1.807, 2.05) is 12.1 Å². The summed E-state index contributed by atoms with van der Waals surface area (Å²) in [6.07, 6.45) is 3.88. The maximum atomic E-state index is 12.2. The van der Waals surface area contributed by atoms with Crippen LogP contribution in [-0.4, -0.2) is 42.0 Å². The van der Waals surface area contributed by atoms with Gasteiger partial charge in [0.15, 0.2) is 5.13 Å². The number of thiazole rings is 1. The summed E-state index contributed by atoms with van der Waals surface area (Å²) < 4.78 is 0.955. The van der Waals surface area contributed by atoms with E-state index in [-0.39, 0.29) is 5.91 Å². The predicted octanol–water partition coefficient (Wildman–Crippen LogP) is 2.09. The predicted molar refractivity (Wildman–Crippen MR) is 86.7 cm³/mol. The second-order valence-corrected chi connectivity index (χ2v) is 6.46. The number of aromatic nitrogens is 1. The summed E-state index contributed by atoms with van der Waals surface area (Å²) in [4.78, 5) is 18.8. The number of rotatable bonds is 4. The lowest BCUT2D eigenvalue weighted by Crippen LogP contribution is -2.37. The fourth-order valence-corrected chi connectivity index (χ4v) is 3.47. The zero-order valence-electron chi connectivity index (χ0n) is 12.0. The van der Waals surface area contributed by atoms with Crippen LogP contribution in [0, 0.1) is 0 Å². The van der Waals surface area contributed by atoms with Crippen LogP contribution in [0.15, 0.2) is 18.2 Å². The molecular weight excluding hydrogens is 284 g/mol. The van der Waals surface area contributed by atoms with Gasteiger partial charge in [0.2, 0.25) is 0 Å². The SMILES string of the molecule is Nc1nc2ccc(C(=O)NCCN3CCCCC3)cc2s1. The number of carbonyl (C=O) groups excluding carboxylic acids is 1. The van der Waals surface area contributed by atoms with Crippen molar-refractivity contribution in [3.05, 3.63) is 23.8 Å². The smallest absolute Gasteiger partial charge is 0.251 e. The summed E-state index contributed by atoms with van der Waals surface area (Å²) in [7, 11) is 0. The molecule has 0 bridgehead atoms. The minimum atomic E-state index is -0.0270. The Morgan fingerprint density at radius 1 is 1.33 bits per heavy atom. The molecule has 1 aromatic heterocycles. The number of hydrogen-bond donors (Lipinski definition) is 2. The molecule has 3 rings (SSSR count). The number of nitrogens with one attached hydrogen (secondary N) is 1. The molecule has 1 aliphatic heterocycles. The normalized spacial score (nSPS) is 16.2. The van der Waals surface area contributed by atoms with Crippen LogP contribution in [0.1, 0.15) is 29.6 Å². The summed E-state index contributed by atoms with van der Waals surface area (Å²) in [5.74, 6) is -0.0270. The first-order valence-electron chi connectivity index (χ1n) is 7.39. The largest absolute Gasteiger partial charge is 0.375 e. The van der Waals surface area contributed by atoms with Crippen LogP contribution in [0.4, 0.5) is 5.13 Å². The molecule has 0 saturated carbocycles. The van der Waals surface area contributed by atoms with Crippen LogP contribution in [0.5, 0.6) is 0 Å². The van der Waals surface area contributed by atoms with Crippen molar-refractivity contribution >= 4 is 32.6 Å². The summed E-state index contributed by atoms with van der Waals surface area (Å²) in [5, 5.41) is 3.52. The van der Waals surface area contributed by atoms with Gasteiger partial charge in [-0.15, -0.1) is 0 Å². The highest BCUT2D eigenvalue weighted by molar-refractivity contribution is 7.22. The lowest BCUT2D eigenvalue weighted by atomic mass is 10.1. The van der Waals surface area contributed by atoms with Crippen molar-refractivity contribution < 1.29 is 4.79 Å². The van der Waals surface area contributed by atoms with Crippen molar-refractivity contribution in [1.29, 1.82) is 0 Å².